The Balaban J connectivity index is 1.81. The van der Waals surface area contributed by atoms with Crippen LogP contribution in [0.25, 0.3) is 0 Å². The number of nitrogens with one attached hydrogen (secondary N) is 3. The van der Waals surface area contributed by atoms with Crippen LogP contribution in [0.5, 0.6) is 0 Å². The number of aryl methyl sites for hydroxylation is 1. The molecule has 0 bridgehead atoms. The number of benzene rings is 1. The van der Waals surface area contributed by atoms with Crippen LogP contribution >= 0.6 is 0 Å². The van der Waals surface area contributed by atoms with Crippen molar-refractivity contribution in [3.63, 3.8) is 0 Å². The number of carbonyl (C=O) groups is 3. The standard InChI is InChI=1S/C26H35N3O3/c1-6-8-12-19(24(31)28-18-13-10-9-11-17(18)7-2)29-25(32)23-16(3)22-20(27-23)14-26(4,5)15-21(22)30/h9-11,13,19,27H,6-8,12,14-15H2,1-5H3,(H,28,31)(H,29,32). The minimum atomic E-state index is -0.653. The molecule has 2 aromatic rings. The van der Waals surface area contributed by atoms with E-state index in [1.54, 1.807) is 6.92 Å². The van der Waals surface area contributed by atoms with Crippen molar-refractivity contribution in [3.8, 4) is 0 Å². The Hall–Kier alpha value is -2.89. The fourth-order valence-corrected chi connectivity index (χ4v) is 4.54. The zero-order chi connectivity index (χ0) is 23.5. The molecule has 172 valence electrons. The Morgan fingerprint density at radius 2 is 1.88 bits per heavy atom. The Morgan fingerprint density at radius 3 is 2.56 bits per heavy atom. The number of aromatic nitrogens is 1. The first-order chi connectivity index (χ1) is 15.2. The Morgan fingerprint density at radius 1 is 1.16 bits per heavy atom. The van der Waals surface area contributed by atoms with Crippen LogP contribution in [0.4, 0.5) is 5.69 Å². The molecule has 1 aromatic heterocycles. The molecule has 6 nitrogen and oxygen atoms in total. The number of hydrogen-bond donors (Lipinski definition) is 3. The monoisotopic (exact) mass is 437 g/mol. The summed E-state index contributed by atoms with van der Waals surface area (Å²) in [4.78, 5) is 42.1. The fraction of sp³-hybridized carbons (Fsp3) is 0.500. The largest absolute Gasteiger partial charge is 0.354 e. The average molecular weight is 438 g/mol. The highest BCUT2D eigenvalue weighted by Gasteiger charge is 2.35. The second kappa shape index (κ2) is 9.72. The lowest BCUT2D eigenvalue weighted by Crippen LogP contribution is -2.44. The van der Waals surface area contributed by atoms with Gasteiger partial charge in [-0.05, 0) is 48.8 Å². The first kappa shape index (κ1) is 23.8. The number of H-pyrrole nitrogens is 1. The van der Waals surface area contributed by atoms with E-state index in [4.69, 9.17) is 0 Å². The number of rotatable bonds is 8. The second-order valence-electron chi connectivity index (χ2n) is 9.59. The molecule has 1 atom stereocenters. The van der Waals surface area contributed by atoms with E-state index in [9.17, 15) is 14.4 Å². The van der Waals surface area contributed by atoms with E-state index >= 15 is 0 Å². The number of hydrogen-bond acceptors (Lipinski definition) is 3. The maximum absolute atomic E-state index is 13.2. The van der Waals surface area contributed by atoms with Gasteiger partial charge in [0.1, 0.15) is 11.7 Å². The van der Waals surface area contributed by atoms with Crippen molar-refractivity contribution in [2.24, 2.45) is 5.41 Å². The van der Waals surface area contributed by atoms with E-state index in [1.165, 1.54) is 0 Å². The molecule has 1 aromatic carbocycles. The van der Waals surface area contributed by atoms with Crippen molar-refractivity contribution < 1.29 is 14.4 Å². The van der Waals surface area contributed by atoms with Crippen LogP contribution in [0.3, 0.4) is 0 Å². The van der Waals surface area contributed by atoms with Gasteiger partial charge in [0.25, 0.3) is 5.91 Å². The molecule has 1 aliphatic rings. The van der Waals surface area contributed by atoms with Gasteiger partial charge in [0.15, 0.2) is 5.78 Å². The summed E-state index contributed by atoms with van der Waals surface area (Å²) >= 11 is 0. The number of unbranched alkanes of at least 4 members (excludes halogenated alkanes) is 1. The third kappa shape index (κ3) is 5.12. The number of ketones is 1. The van der Waals surface area contributed by atoms with Gasteiger partial charge in [0, 0.05) is 23.4 Å². The number of fused-ring (bicyclic) bond motifs is 1. The van der Waals surface area contributed by atoms with Gasteiger partial charge in [-0.25, -0.2) is 0 Å². The second-order valence-corrected chi connectivity index (χ2v) is 9.59. The predicted molar refractivity (Wildman–Crippen MR) is 127 cm³/mol. The zero-order valence-corrected chi connectivity index (χ0v) is 19.9. The summed E-state index contributed by atoms with van der Waals surface area (Å²) in [5.41, 5.74) is 4.20. The Bertz CT molecular complexity index is 1020. The molecular formula is C26H35N3O3. The van der Waals surface area contributed by atoms with Crippen LogP contribution in [0.1, 0.15) is 91.0 Å². The highest BCUT2D eigenvalue weighted by Crippen LogP contribution is 2.36. The lowest BCUT2D eigenvalue weighted by molar-refractivity contribution is -0.118. The summed E-state index contributed by atoms with van der Waals surface area (Å²) < 4.78 is 0. The van der Waals surface area contributed by atoms with Crippen LogP contribution in [0.2, 0.25) is 0 Å². The average Bonchev–Trinajstić information content (AvgIpc) is 3.06. The smallest absolute Gasteiger partial charge is 0.268 e. The molecule has 0 saturated heterocycles. The van der Waals surface area contributed by atoms with Crippen LogP contribution < -0.4 is 10.6 Å². The number of carbonyl (C=O) groups excluding carboxylic acids is 3. The topological polar surface area (TPSA) is 91.1 Å². The van der Waals surface area contributed by atoms with Crippen molar-refractivity contribution in [2.75, 3.05) is 5.32 Å². The lowest BCUT2D eigenvalue weighted by atomic mass is 9.75. The molecule has 6 heteroatoms. The van der Waals surface area contributed by atoms with Gasteiger partial charge in [-0.15, -0.1) is 0 Å². The molecule has 0 aliphatic heterocycles. The van der Waals surface area contributed by atoms with E-state index < -0.39 is 6.04 Å². The molecule has 1 unspecified atom stereocenters. The minimum absolute atomic E-state index is 0.0699. The summed E-state index contributed by atoms with van der Waals surface area (Å²) in [6, 6.07) is 7.05. The molecule has 3 N–H and O–H groups in total. The quantitative estimate of drug-likeness (QED) is 0.545. The van der Waals surface area contributed by atoms with E-state index in [-0.39, 0.29) is 23.0 Å². The van der Waals surface area contributed by atoms with Gasteiger partial charge in [0.2, 0.25) is 5.91 Å². The third-order valence-electron chi connectivity index (χ3n) is 6.25. The predicted octanol–water partition coefficient (Wildman–Crippen LogP) is 4.97. The van der Waals surface area contributed by atoms with Gasteiger partial charge in [-0.2, -0.15) is 0 Å². The molecule has 0 saturated carbocycles. The van der Waals surface area contributed by atoms with E-state index in [0.717, 1.165) is 42.6 Å². The Labute approximate surface area is 190 Å². The molecule has 1 aliphatic carbocycles. The van der Waals surface area contributed by atoms with E-state index in [0.29, 0.717) is 29.7 Å². The SMILES string of the molecule is CCCCC(NC(=O)c1[nH]c2c(c1C)C(=O)CC(C)(C)C2)C(=O)Nc1ccccc1CC. The van der Waals surface area contributed by atoms with Crippen molar-refractivity contribution in [1.29, 1.82) is 0 Å². The molecule has 0 radical (unpaired) electrons. The molecule has 1 heterocycles. The molecule has 2 amide bonds. The van der Waals surface area contributed by atoms with Gasteiger partial charge in [-0.1, -0.05) is 58.7 Å². The molecule has 0 spiro atoms. The van der Waals surface area contributed by atoms with Crippen molar-refractivity contribution in [1.82, 2.24) is 10.3 Å². The number of anilines is 1. The zero-order valence-electron chi connectivity index (χ0n) is 19.9. The first-order valence-corrected chi connectivity index (χ1v) is 11.6. The van der Waals surface area contributed by atoms with Crippen LogP contribution in [0.15, 0.2) is 24.3 Å². The van der Waals surface area contributed by atoms with Gasteiger partial charge in [0.05, 0.1) is 0 Å². The molecule has 0 fully saturated rings. The summed E-state index contributed by atoms with van der Waals surface area (Å²) in [6.07, 6.45) is 4.28. The van der Waals surface area contributed by atoms with E-state index in [2.05, 4.69) is 36.4 Å². The van der Waals surface area contributed by atoms with Crippen molar-refractivity contribution in [2.45, 2.75) is 79.2 Å². The highest BCUT2D eigenvalue weighted by atomic mass is 16.2. The van der Waals surface area contributed by atoms with Gasteiger partial charge >= 0.3 is 0 Å². The fourth-order valence-electron chi connectivity index (χ4n) is 4.54. The number of aromatic amines is 1. The number of Topliss-reactive ketones (excluding diaryl/α,β-unsaturated/α-hetero) is 1. The summed E-state index contributed by atoms with van der Waals surface area (Å²) in [7, 11) is 0. The summed E-state index contributed by atoms with van der Waals surface area (Å²) in [6.45, 7) is 10.0. The summed E-state index contributed by atoms with van der Waals surface area (Å²) in [5.74, 6) is -0.498. The first-order valence-electron chi connectivity index (χ1n) is 11.6. The third-order valence-corrected chi connectivity index (χ3v) is 6.25. The van der Waals surface area contributed by atoms with Crippen LogP contribution in [0, 0.1) is 12.3 Å². The normalized spacial score (nSPS) is 15.7. The van der Waals surface area contributed by atoms with Gasteiger partial charge in [-0.3, -0.25) is 14.4 Å². The molecule has 32 heavy (non-hydrogen) atoms. The highest BCUT2D eigenvalue weighted by molar-refractivity contribution is 6.06. The number of amides is 2. The molecular weight excluding hydrogens is 402 g/mol. The lowest BCUT2D eigenvalue weighted by Gasteiger charge is -2.28. The molecule has 3 rings (SSSR count). The maximum atomic E-state index is 13.2. The van der Waals surface area contributed by atoms with Crippen LogP contribution in [-0.2, 0) is 17.6 Å². The van der Waals surface area contributed by atoms with Gasteiger partial charge < -0.3 is 15.6 Å². The Kier molecular flexibility index (Phi) is 7.22. The van der Waals surface area contributed by atoms with E-state index in [1.807, 2.05) is 31.2 Å². The minimum Gasteiger partial charge on any atom is -0.354 e. The number of para-hydroxylation sites is 1. The van der Waals surface area contributed by atoms with Crippen molar-refractivity contribution >= 4 is 23.3 Å². The van der Waals surface area contributed by atoms with Crippen LogP contribution in [-0.4, -0.2) is 28.6 Å². The maximum Gasteiger partial charge on any atom is 0.268 e. The summed E-state index contributed by atoms with van der Waals surface area (Å²) in [5, 5.41) is 5.91. The van der Waals surface area contributed by atoms with Crippen molar-refractivity contribution in [3.05, 3.63) is 52.3 Å².